The molecule has 3 rings (SSSR count). The van der Waals surface area contributed by atoms with E-state index in [1.165, 1.54) is 6.33 Å². The van der Waals surface area contributed by atoms with Gasteiger partial charge in [-0.3, -0.25) is 9.67 Å². The Hall–Kier alpha value is -2.57. The molecule has 21 heavy (non-hydrogen) atoms. The Morgan fingerprint density at radius 3 is 3.24 bits per heavy atom. The van der Waals surface area contributed by atoms with Crippen LogP contribution in [0.2, 0.25) is 0 Å². The fourth-order valence-corrected chi connectivity index (χ4v) is 2.34. The number of hydrogen-bond donors (Lipinski definition) is 2. The molecule has 1 aromatic heterocycles. The fraction of sp³-hybridized carbons (Fsp3) is 0.357. The largest absolute Gasteiger partial charge is 0.493 e. The summed E-state index contributed by atoms with van der Waals surface area (Å²) in [5, 5.41) is 7.27. The van der Waals surface area contributed by atoms with Gasteiger partial charge in [-0.1, -0.05) is 18.2 Å². The number of fused-ring (bicyclic) bond motifs is 1. The smallest absolute Gasteiger partial charge is 0.189 e. The molecule has 2 aromatic rings. The highest BCUT2D eigenvalue weighted by molar-refractivity contribution is 5.78. The number of para-hydroxylation sites is 1. The van der Waals surface area contributed by atoms with E-state index in [1.54, 1.807) is 11.0 Å². The van der Waals surface area contributed by atoms with Crippen LogP contribution in [-0.4, -0.2) is 33.9 Å². The summed E-state index contributed by atoms with van der Waals surface area (Å²) < 4.78 is 7.35. The molecule has 7 nitrogen and oxygen atoms in total. The molecule has 1 aliphatic heterocycles. The zero-order valence-electron chi connectivity index (χ0n) is 11.6. The van der Waals surface area contributed by atoms with E-state index in [0.717, 1.165) is 17.7 Å². The lowest BCUT2D eigenvalue weighted by molar-refractivity contribution is 0.262. The minimum absolute atomic E-state index is 0.144. The molecule has 3 N–H and O–H groups in total. The van der Waals surface area contributed by atoms with E-state index in [4.69, 9.17) is 10.5 Å². The summed E-state index contributed by atoms with van der Waals surface area (Å²) >= 11 is 0. The summed E-state index contributed by atoms with van der Waals surface area (Å²) in [5.41, 5.74) is 7.08. The second kappa shape index (κ2) is 6.25. The highest BCUT2D eigenvalue weighted by Gasteiger charge is 2.20. The number of benzene rings is 1. The van der Waals surface area contributed by atoms with Crippen molar-refractivity contribution >= 4 is 5.96 Å². The molecule has 2 heterocycles. The van der Waals surface area contributed by atoms with E-state index in [9.17, 15) is 0 Å². The lowest BCUT2D eigenvalue weighted by Crippen LogP contribution is -2.37. The number of nitrogens with one attached hydrogen (secondary N) is 1. The van der Waals surface area contributed by atoms with Gasteiger partial charge in [-0.2, -0.15) is 5.10 Å². The minimum Gasteiger partial charge on any atom is -0.493 e. The van der Waals surface area contributed by atoms with Gasteiger partial charge in [0.1, 0.15) is 18.4 Å². The van der Waals surface area contributed by atoms with Crippen LogP contribution in [0.5, 0.6) is 5.75 Å². The quantitative estimate of drug-likeness (QED) is 0.638. The van der Waals surface area contributed by atoms with Crippen LogP contribution in [0.4, 0.5) is 0 Å². The summed E-state index contributed by atoms with van der Waals surface area (Å²) in [6.07, 6.45) is 4.04. The first kappa shape index (κ1) is 13.4. The standard InChI is InChI=1S/C14H18N6O/c15-14(17-6-7-20-10-16-9-18-20)19-12-5-8-21-13-4-2-1-3-11(12)13/h1-4,9-10,12H,5-8H2,(H3,15,17,19). The molecular formula is C14H18N6O. The highest BCUT2D eigenvalue weighted by atomic mass is 16.5. The monoisotopic (exact) mass is 286 g/mol. The van der Waals surface area contributed by atoms with Gasteiger partial charge in [-0.15, -0.1) is 0 Å². The predicted molar refractivity (Wildman–Crippen MR) is 78.9 cm³/mol. The summed E-state index contributed by atoms with van der Waals surface area (Å²) in [7, 11) is 0. The summed E-state index contributed by atoms with van der Waals surface area (Å²) in [4.78, 5) is 8.20. The molecule has 0 saturated heterocycles. The molecule has 0 aliphatic carbocycles. The molecule has 0 fully saturated rings. The maximum Gasteiger partial charge on any atom is 0.189 e. The van der Waals surface area contributed by atoms with Crippen molar-refractivity contribution in [1.82, 2.24) is 20.1 Å². The van der Waals surface area contributed by atoms with Gasteiger partial charge in [0.2, 0.25) is 0 Å². The van der Waals surface area contributed by atoms with E-state index in [1.807, 2.05) is 18.2 Å². The number of guanidine groups is 1. The van der Waals surface area contributed by atoms with Gasteiger partial charge in [0.05, 0.1) is 25.7 Å². The normalized spacial score (nSPS) is 17.9. The Kier molecular flexibility index (Phi) is 3.99. The lowest BCUT2D eigenvalue weighted by atomic mass is 10.0. The molecule has 1 unspecified atom stereocenters. The molecule has 0 spiro atoms. The van der Waals surface area contributed by atoms with Crippen LogP contribution in [0.25, 0.3) is 0 Å². The summed E-state index contributed by atoms with van der Waals surface area (Å²) in [6.45, 7) is 1.90. The zero-order chi connectivity index (χ0) is 14.5. The molecule has 0 saturated carbocycles. The summed E-state index contributed by atoms with van der Waals surface area (Å²) in [6, 6.07) is 8.14. The molecule has 1 aromatic carbocycles. The molecular weight excluding hydrogens is 268 g/mol. The van der Waals surface area contributed by atoms with Gasteiger partial charge >= 0.3 is 0 Å². The molecule has 0 amide bonds. The van der Waals surface area contributed by atoms with Crippen LogP contribution in [-0.2, 0) is 6.54 Å². The number of ether oxygens (including phenoxy) is 1. The number of aromatic nitrogens is 3. The Morgan fingerprint density at radius 1 is 1.48 bits per heavy atom. The van der Waals surface area contributed by atoms with Gasteiger partial charge in [0, 0.05) is 12.0 Å². The fourth-order valence-electron chi connectivity index (χ4n) is 2.34. The minimum atomic E-state index is 0.144. The second-order valence-corrected chi connectivity index (χ2v) is 4.80. The average Bonchev–Trinajstić information content (AvgIpc) is 3.01. The van der Waals surface area contributed by atoms with Gasteiger partial charge in [0.15, 0.2) is 5.96 Å². The summed E-state index contributed by atoms with van der Waals surface area (Å²) in [5.74, 6) is 1.36. The Balaban J connectivity index is 1.59. The number of nitrogens with zero attached hydrogens (tertiary/aromatic N) is 4. The molecule has 0 bridgehead atoms. The van der Waals surface area contributed by atoms with Gasteiger partial charge in [-0.05, 0) is 6.07 Å². The van der Waals surface area contributed by atoms with Crippen molar-refractivity contribution in [3.63, 3.8) is 0 Å². The predicted octanol–water partition coefficient (Wildman–Crippen LogP) is 0.706. The van der Waals surface area contributed by atoms with E-state index >= 15 is 0 Å². The molecule has 110 valence electrons. The van der Waals surface area contributed by atoms with Crippen LogP contribution in [0.3, 0.4) is 0 Å². The maximum atomic E-state index is 5.95. The van der Waals surface area contributed by atoms with Crippen molar-refractivity contribution in [3.8, 4) is 5.75 Å². The van der Waals surface area contributed by atoms with Crippen LogP contribution in [0, 0.1) is 0 Å². The molecule has 0 radical (unpaired) electrons. The second-order valence-electron chi connectivity index (χ2n) is 4.80. The van der Waals surface area contributed by atoms with Crippen LogP contribution < -0.4 is 15.8 Å². The topological polar surface area (TPSA) is 90.4 Å². The maximum absolute atomic E-state index is 5.95. The third kappa shape index (κ3) is 3.31. The van der Waals surface area contributed by atoms with Crippen molar-refractivity contribution < 1.29 is 4.74 Å². The van der Waals surface area contributed by atoms with Crippen molar-refractivity contribution in [2.45, 2.75) is 19.0 Å². The van der Waals surface area contributed by atoms with E-state index < -0.39 is 0 Å². The zero-order valence-corrected chi connectivity index (χ0v) is 11.6. The molecule has 7 heteroatoms. The van der Waals surface area contributed by atoms with Crippen LogP contribution in [0.15, 0.2) is 41.9 Å². The highest BCUT2D eigenvalue weighted by Crippen LogP contribution is 2.31. The van der Waals surface area contributed by atoms with Crippen molar-refractivity contribution in [1.29, 1.82) is 0 Å². The number of rotatable bonds is 4. The first-order valence-corrected chi connectivity index (χ1v) is 6.93. The van der Waals surface area contributed by atoms with Gasteiger partial charge in [0.25, 0.3) is 0 Å². The SMILES string of the molecule is NC(=NCCn1cncn1)NC1CCOc2ccccc21. The van der Waals surface area contributed by atoms with Crippen molar-refractivity contribution in [2.24, 2.45) is 10.7 Å². The van der Waals surface area contributed by atoms with Gasteiger partial charge in [-0.25, -0.2) is 4.98 Å². The molecule has 1 atom stereocenters. The number of aliphatic imine (C=N–C) groups is 1. The number of nitrogens with two attached hydrogens (primary N) is 1. The van der Waals surface area contributed by atoms with E-state index in [-0.39, 0.29) is 6.04 Å². The van der Waals surface area contributed by atoms with Crippen LogP contribution >= 0.6 is 0 Å². The van der Waals surface area contributed by atoms with Gasteiger partial charge < -0.3 is 15.8 Å². The Labute approximate surface area is 122 Å². The average molecular weight is 286 g/mol. The first-order valence-electron chi connectivity index (χ1n) is 6.93. The first-order chi connectivity index (χ1) is 10.3. The van der Waals surface area contributed by atoms with Crippen LogP contribution in [0.1, 0.15) is 18.0 Å². The number of hydrogen-bond acceptors (Lipinski definition) is 4. The van der Waals surface area contributed by atoms with Crippen molar-refractivity contribution in [3.05, 3.63) is 42.5 Å². The Morgan fingerprint density at radius 2 is 2.38 bits per heavy atom. The molecule has 1 aliphatic rings. The van der Waals surface area contributed by atoms with E-state index in [2.05, 4.69) is 26.5 Å². The van der Waals surface area contributed by atoms with Crippen molar-refractivity contribution in [2.75, 3.05) is 13.2 Å². The Bertz CT molecular complexity index is 610. The third-order valence-electron chi connectivity index (χ3n) is 3.36. The third-order valence-corrected chi connectivity index (χ3v) is 3.36. The van der Waals surface area contributed by atoms with E-state index in [0.29, 0.717) is 25.7 Å². The lowest BCUT2D eigenvalue weighted by Gasteiger charge is -2.26.